The van der Waals surface area contributed by atoms with Gasteiger partial charge in [0, 0.05) is 5.33 Å². The fourth-order valence-corrected chi connectivity index (χ4v) is 2.44. The van der Waals surface area contributed by atoms with Gasteiger partial charge in [0.15, 0.2) is 0 Å². The van der Waals surface area contributed by atoms with E-state index in [0.29, 0.717) is 6.61 Å². The van der Waals surface area contributed by atoms with Gasteiger partial charge in [-0.05, 0) is 80.5 Å². The standard InChI is InChI=1S/C16H21Br3O2/c1-3-12-10-14(20-9-6-15(18)19)11-13(4-2)16(12)21-8-5-7-17/h6,10-11H,3-5,7-9H2,1-2H3. The molecule has 21 heavy (non-hydrogen) atoms. The predicted octanol–water partition coefficient (Wildman–Crippen LogP) is 5.99. The van der Waals surface area contributed by atoms with Gasteiger partial charge < -0.3 is 9.47 Å². The summed E-state index contributed by atoms with van der Waals surface area (Å²) in [4.78, 5) is 0. The summed E-state index contributed by atoms with van der Waals surface area (Å²) in [6, 6.07) is 4.16. The molecule has 1 rings (SSSR count). The molecule has 0 amide bonds. The lowest BCUT2D eigenvalue weighted by Gasteiger charge is -2.16. The molecule has 0 fully saturated rings. The van der Waals surface area contributed by atoms with Crippen LogP contribution in [0, 0.1) is 0 Å². The summed E-state index contributed by atoms with van der Waals surface area (Å²) in [6.45, 7) is 5.56. The van der Waals surface area contributed by atoms with E-state index >= 15 is 0 Å². The number of hydrogen-bond donors (Lipinski definition) is 0. The first-order valence-corrected chi connectivity index (χ1v) is 9.81. The van der Waals surface area contributed by atoms with Gasteiger partial charge in [-0.25, -0.2) is 0 Å². The molecule has 0 aliphatic rings. The minimum Gasteiger partial charge on any atom is -0.493 e. The number of hydrogen-bond acceptors (Lipinski definition) is 2. The van der Waals surface area contributed by atoms with E-state index in [1.54, 1.807) is 0 Å². The first kappa shape index (κ1) is 19.0. The molecule has 1 aromatic rings. The molecule has 0 aliphatic carbocycles. The van der Waals surface area contributed by atoms with E-state index in [9.17, 15) is 0 Å². The number of aryl methyl sites for hydroxylation is 2. The Morgan fingerprint density at radius 2 is 1.71 bits per heavy atom. The summed E-state index contributed by atoms with van der Waals surface area (Å²) in [5.41, 5.74) is 2.42. The average molecular weight is 485 g/mol. The lowest BCUT2D eigenvalue weighted by Crippen LogP contribution is -2.05. The SMILES string of the molecule is CCc1cc(OCC=C(Br)Br)cc(CC)c1OCCCBr. The Balaban J connectivity index is 2.91. The van der Waals surface area contributed by atoms with Crippen LogP contribution in [0.2, 0.25) is 0 Å². The molecule has 5 heteroatoms. The molecular formula is C16H21Br3O2. The zero-order valence-corrected chi connectivity index (χ0v) is 17.2. The van der Waals surface area contributed by atoms with Crippen LogP contribution in [0.25, 0.3) is 0 Å². The van der Waals surface area contributed by atoms with Crippen molar-refractivity contribution in [1.29, 1.82) is 0 Å². The van der Waals surface area contributed by atoms with E-state index in [-0.39, 0.29) is 0 Å². The third-order valence-corrected chi connectivity index (χ3v) is 4.20. The second kappa shape index (κ2) is 10.7. The van der Waals surface area contributed by atoms with E-state index in [1.165, 1.54) is 11.1 Å². The van der Waals surface area contributed by atoms with Crippen LogP contribution in [-0.2, 0) is 12.8 Å². The first-order valence-electron chi connectivity index (χ1n) is 7.10. The minimum atomic E-state index is 0.530. The molecule has 0 saturated heterocycles. The number of halogens is 3. The maximum Gasteiger partial charge on any atom is 0.125 e. The van der Waals surface area contributed by atoms with E-state index in [0.717, 1.165) is 46.1 Å². The van der Waals surface area contributed by atoms with Crippen molar-refractivity contribution in [2.45, 2.75) is 33.1 Å². The Labute approximate surface area is 152 Å². The van der Waals surface area contributed by atoms with Gasteiger partial charge in [-0.2, -0.15) is 0 Å². The highest BCUT2D eigenvalue weighted by molar-refractivity contribution is 9.28. The van der Waals surface area contributed by atoms with Crippen LogP contribution in [-0.4, -0.2) is 18.5 Å². The normalized spacial score (nSPS) is 10.3. The van der Waals surface area contributed by atoms with E-state index < -0.39 is 0 Å². The van der Waals surface area contributed by atoms with Crippen molar-refractivity contribution in [1.82, 2.24) is 0 Å². The number of alkyl halides is 1. The summed E-state index contributed by atoms with van der Waals surface area (Å²) < 4.78 is 12.7. The Hall–Kier alpha value is -0.000000000000000167. The van der Waals surface area contributed by atoms with Crippen LogP contribution in [0.3, 0.4) is 0 Å². The molecule has 0 N–H and O–H groups in total. The molecule has 0 bridgehead atoms. The zero-order chi connectivity index (χ0) is 15.7. The second-order valence-electron chi connectivity index (χ2n) is 4.47. The second-order valence-corrected chi connectivity index (χ2v) is 8.04. The molecule has 0 atom stereocenters. The molecule has 0 unspecified atom stereocenters. The van der Waals surface area contributed by atoms with Gasteiger partial charge in [-0.15, -0.1) is 0 Å². The average Bonchev–Trinajstić information content (AvgIpc) is 2.47. The van der Waals surface area contributed by atoms with Crippen molar-refractivity contribution >= 4 is 47.8 Å². The number of benzene rings is 1. The van der Waals surface area contributed by atoms with Gasteiger partial charge in [0.25, 0.3) is 0 Å². The summed E-state index contributed by atoms with van der Waals surface area (Å²) in [6.07, 6.45) is 4.81. The van der Waals surface area contributed by atoms with Gasteiger partial charge in [0.05, 0.1) is 10.00 Å². The van der Waals surface area contributed by atoms with Crippen LogP contribution < -0.4 is 9.47 Å². The lowest BCUT2D eigenvalue weighted by atomic mass is 10.0. The minimum absolute atomic E-state index is 0.530. The van der Waals surface area contributed by atoms with Crippen LogP contribution in [0.4, 0.5) is 0 Å². The third-order valence-electron chi connectivity index (χ3n) is 2.99. The fraction of sp³-hybridized carbons (Fsp3) is 0.500. The van der Waals surface area contributed by atoms with Gasteiger partial charge in [0.2, 0.25) is 0 Å². The number of ether oxygens (including phenoxy) is 2. The van der Waals surface area contributed by atoms with Crippen molar-refractivity contribution < 1.29 is 9.47 Å². The Kier molecular flexibility index (Phi) is 9.69. The maximum atomic E-state index is 5.98. The monoisotopic (exact) mass is 482 g/mol. The molecule has 0 aromatic heterocycles. The molecule has 1 aromatic carbocycles. The van der Waals surface area contributed by atoms with E-state index in [4.69, 9.17) is 9.47 Å². The summed E-state index contributed by atoms with van der Waals surface area (Å²) >= 11 is 10.1. The largest absolute Gasteiger partial charge is 0.493 e. The quantitative estimate of drug-likeness (QED) is 0.317. The zero-order valence-electron chi connectivity index (χ0n) is 12.4. The topological polar surface area (TPSA) is 18.5 Å². The highest BCUT2D eigenvalue weighted by atomic mass is 79.9. The molecule has 2 nitrogen and oxygen atoms in total. The molecule has 0 heterocycles. The first-order chi connectivity index (χ1) is 10.1. The Morgan fingerprint density at radius 3 is 2.19 bits per heavy atom. The van der Waals surface area contributed by atoms with E-state index in [2.05, 4.69) is 73.8 Å². The molecular weight excluding hydrogens is 464 g/mol. The smallest absolute Gasteiger partial charge is 0.125 e. The van der Waals surface area contributed by atoms with Gasteiger partial charge in [-0.1, -0.05) is 29.8 Å². The molecule has 0 aliphatic heterocycles. The van der Waals surface area contributed by atoms with Crippen LogP contribution in [0.5, 0.6) is 11.5 Å². The highest BCUT2D eigenvalue weighted by Crippen LogP contribution is 2.31. The van der Waals surface area contributed by atoms with Gasteiger partial charge >= 0.3 is 0 Å². The van der Waals surface area contributed by atoms with E-state index in [1.807, 2.05) is 6.08 Å². The molecule has 118 valence electrons. The lowest BCUT2D eigenvalue weighted by molar-refractivity contribution is 0.310. The Bertz CT molecular complexity index is 444. The summed E-state index contributed by atoms with van der Waals surface area (Å²) in [5, 5.41) is 0.963. The molecule has 0 saturated carbocycles. The van der Waals surface area contributed by atoms with Gasteiger partial charge in [-0.3, -0.25) is 0 Å². The van der Waals surface area contributed by atoms with Crippen molar-refractivity contribution in [3.8, 4) is 11.5 Å². The summed E-state index contributed by atoms with van der Waals surface area (Å²) in [5.74, 6) is 1.93. The van der Waals surface area contributed by atoms with Crippen LogP contribution in [0.15, 0.2) is 21.6 Å². The van der Waals surface area contributed by atoms with Crippen molar-refractivity contribution in [3.63, 3.8) is 0 Å². The molecule has 0 radical (unpaired) electrons. The fourth-order valence-electron chi connectivity index (χ4n) is 1.95. The molecule has 0 spiro atoms. The van der Waals surface area contributed by atoms with Crippen molar-refractivity contribution in [3.05, 3.63) is 32.7 Å². The summed E-state index contributed by atoms with van der Waals surface area (Å²) in [7, 11) is 0. The highest BCUT2D eigenvalue weighted by Gasteiger charge is 2.11. The maximum absolute atomic E-state index is 5.98. The van der Waals surface area contributed by atoms with Crippen LogP contribution in [0.1, 0.15) is 31.4 Å². The third kappa shape index (κ3) is 6.74. The Morgan fingerprint density at radius 1 is 1.10 bits per heavy atom. The predicted molar refractivity (Wildman–Crippen MR) is 101 cm³/mol. The van der Waals surface area contributed by atoms with Gasteiger partial charge in [0.1, 0.15) is 18.1 Å². The number of rotatable bonds is 9. The van der Waals surface area contributed by atoms with Crippen molar-refractivity contribution in [2.24, 2.45) is 0 Å². The van der Waals surface area contributed by atoms with Crippen LogP contribution >= 0.6 is 47.8 Å². The van der Waals surface area contributed by atoms with Crippen molar-refractivity contribution in [2.75, 3.05) is 18.5 Å².